The molecule has 0 saturated heterocycles. The zero-order chi connectivity index (χ0) is 10.9. The molecule has 14 heavy (non-hydrogen) atoms. The van der Waals surface area contributed by atoms with Crippen molar-refractivity contribution in [1.82, 2.24) is 0 Å². The summed E-state index contributed by atoms with van der Waals surface area (Å²) in [6.45, 7) is 0. The summed E-state index contributed by atoms with van der Waals surface area (Å²) in [5, 5.41) is 26.0. The second-order valence-electron chi connectivity index (χ2n) is 3.46. The minimum Gasteiger partial charge on any atom is -0.481 e. The van der Waals surface area contributed by atoms with Gasteiger partial charge in [-0.25, -0.2) is 0 Å². The first kappa shape index (κ1) is 11.3. The zero-order valence-corrected chi connectivity index (χ0v) is 8.02. The second kappa shape index (κ2) is 4.14. The third-order valence-electron chi connectivity index (χ3n) is 2.47. The maximum Gasteiger partial charge on any atom is 0.318 e. The fraction of sp³-hybridized carbons (Fsp3) is 0.750. The summed E-state index contributed by atoms with van der Waals surface area (Å²) in [6, 6.07) is 0. The molecule has 80 valence electrons. The summed E-state index contributed by atoms with van der Waals surface area (Å²) in [4.78, 5) is 21.3. The topological polar surface area (TPSA) is 94.8 Å². The maximum absolute atomic E-state index is 10.7. The Balaban J connectivity index is 2.79. The van der Waals surface area contributed by atoms with Crippen molar-refractivity contribution in [3.05, 3.63) is 0 Å². The summed E-state index contributed by atoms with van der Waals surface area (Å²) in [7, 11) is 0. The van der Waals surface area contributed by atoms with E-state index in [0.29, 0.717) is 0 Å². The molecule has 1 aliphatic carbocycles. The van der Waals surface area contributed by atoms with Gasteiger partial charge in [0.1, 0.15) is 0 Å². The van der Waals surface area contributed by atoms with Gasteiger partial charge in [0, 0.05) is 11.3 Å². The molecule has 1 fully saturated rings. The van der Waals surface area contributed by atoms with E-state index in [4.69, 9.17) is 21.8 Å². The fourth-order valence-electron chi connectivity index (χ4n) is 1.81. The monoisotopic (exact) mass is 222 g/mol. The highest BCUT2D eigenvalue weighted by molar-refractivity contribution is 6.21. The predicted octanol–water partition coefficient (Wildman–Crippen LogP) is 0.150. The van der Waals surface area contributed by atoms with Gasteiger partial charge in [-0.15, -0.1) is 11.6 Å². The van der Waals surface area contributed by atoms with Crippen molar-refractivity contribution < 1.29 is 24.9 Å². The third-order valence-corrected chi connectivity index (χ3v) is 2.97. The van der Waals surface area contributed by atoms with Crippen LogP contribution >= 0.6 is 11.6 Å². The van der Waals surface area contributed by atoms with Crippen molar-refractivity contribution >= 4 is 23.5 Å². The Morgan fingerprint density at radius 2 is 1.71 bits per heavy atom. The van der Waals surface area contributed by atoms with Gasteiger partial charge in [0.25, 0.3) is 0 Å². The zero-order valence-electron chi connectivity index (χ0n) is 7.26. The number of hydrogen-bond acceptors (Lipinski definition) is 3. The summed E-state index contributed by atoms with van der Waals surface area (Å²) in [6.07, 6.45) is -0.301. The first-order valence-corrected chi connectivity index (χ1v) is 4.65. The molecule has 3 N–H and O–H groups in total. The summed E-state index contributed by atoms with van der Waals surface area (Å²) in [5.41, 5.74) is 0. The van der Waals surface area contributed by atoms with Crippen LogP contribution < -0.4 is 0 Å². The van der Waals surface area contributed by atoms with Crippen LogP contribution in [0, 0.1) is 11.8 Å². The summed E-state index contributed by atoms with van der Waals surface area (Å²) < 4.78 is 0. The van der Waals surface area contributed by atoms with E-state index in [-0.39, 0.29) is 12.8 Å². The largest absolute Gasteiger partial charge is 0.481 e. The highest BCUT2D eigenvalue weighted by Crippen LogP contribution is 2.36. The molecule has 6 heteroatoms. The number of aliphatic hydroxyl groups excluding tert-OH is 1. The Morgan fingerprint density at radius 1 is 1.21 bits per heavy atom. The number of carboxylic acid groups (broad SMARTS) is 2. The molecule has 3 unspecified atom stereocenters. The van der Waals surface area contributed by atoms with Crippen LogP contribution in [0.15, 0.2) is 0 Å². The first-order valence-electron chi connectivity index (χ1n) is 4.21. The van der Waals surface area contributed by atoms with Crippen LogP contribution in [0.4, 0.5) is 0 Å². The highest BCUT2D eigenvalue weighted by atomic mass is 35.5. The van der Waals surface area contributed by atoms with Crippen molar-refractivity contribution in [2.24, 2.45) is 11.8 Å². The Hall–Kier alpha value is -0.810. The van der Waals surface area contributed by atoms with Crippen molar-refractivity contribution in [2.45, 2.75) is 24.3 Å². The number of rotatable bonds is 3. The van der Waals surface area contributed by atoms with Crippen LogP contribution in [0.25, 0.3) is 0 Å². The van der Waals surface area contributed by atoms with Gasteiger partial charge in [-0.1, -0.05) is 0 Å². The number of hydrogen-bond donors (Lipinski definition) is 3. The van der Waals surface area contributed by atoms with Crippen molar-refractivity contribution in [1.29, 1.82) is 0 Å². The lowest BCUT2D eigenvalue weighted by Crippen LogP contribution is -2.33. The lowest BCUT2D eigenvalue weighted by atomic mass is 9.90. The highest BCUT2D eigenvalue weighted by Gasteiger charge is 2.44. The van der Waals surface area contributed by atoms with Crippen LogP contribution in [0.3, 0.4) is 0 Å². The van der Waals surface area contributed by atoms with Gasteiger partial charge >= 0.3 is 11.9 Å². The minimum absolute atomic E-state index is 0.136. The molecular formula is C8H11ClO5. The van der Waals surface area contributed by atoms with Crippen LogP contribution in [-0.4, -0.2) is 38.7 Å². The van der Waals surface area contributed by atoms with Crippen molar-refractivity contribution in [3.63, 3.8) is 0 Å². The van der Waals surface area contributed by atoms with Crippen LogP contribution in [0.1, 0.15) is 12.8 Å². The quantitative estimate of drug-likeness (QED) is 0.467. The van der Waals surface area contributed by atoms with Gasteiger partial charge in [0.05, 0.1) is 6.10 Å². The van der Waals surface area contributed by atoms with Crippen molar-refractivity contribution in [3.8, 4) is 0 Å². The molecule has 1 rings (SSSR count). The normalized spacial score (nSPS) is 32.1. The second-order valence-corrected chi connectivity index (χ2v) is 4.02. The number of alkyl halides is 1. The molecule has 1 saturated carbocycles. The molecule has 0 aromatic heterocycles. The van der Waals surface area contributed by atoms with E-state index in [1.54, 1.807) is 0 Å². The molecule has 3 atom stereocenters. The number of aliphatic hydroxyl groups is 1. The molecule has 0 bridgehead atoms. The van der Waals surface area contributed by atoms with E-state index in [9.17, 15) is 14.7 Å². The van der Waals surface area contributed by atoms with E-state index in [1.165, 1.54) is 0 Å². The number of aliphatic carboxylic acids is 2. The number of carboxylic acids is 2. The lowest BCUT2D eigenvalue weighted by Gasteiger charge is -2.17. The van der Waals surface area contributed by atoms with E-state index in [1.807, 2.05) is 0 Å². The average molecular weight is 223 g/mol. The fourth-order valence-corrected chi connectivity index (χ4v) is 2.26. The van der Waals surface area contributed by atoms with Crippen LogP contribution in [0.2, 0.25) is 0 Å². The molecular weight excluding hydrogens is 212 g/mol. The van der Waals surface area contributed by atoms with Gasteiger partial charge in [-0.2, -0.15) is 0 Å². The third kappa shape index (κ3) is 2.16. The van der Waals surface area contributed by atoms with Gasteiger partial charge in [-0.05, 0) is 12.8 Å². The van der Waals surface area contributed by atoms with Crippen LogP contribution in [-0.2, 0) is 9.59 Å². The van der Waals surface area contributed by atoms with E-state index >= 15 is 0 Å². The van der Waals surface area contributed by atoms with Gasteiger partial charge in [0.15, 0.2) is 5.92 Å². The molecule has 5 nitrogen and oxygen atoms in total. The Kier molecular flexibility index (Phi) is 3.34. The molecule has 1 aliphatic rings. The lowest BCUT2D eigenvalue weighted by molar-refractivity contribution is -0.157. The van der Waals surface area contributed by atoms with E-state index in [0.717, 1.165) is 0 Å². The number of halogens is 1. The van der Waals surface area contributed by atoms with E-state index in [2.05, 4.69) is 0 Å². The molecule has 0 spiro atoms. The molecule has 0 amide bonds. The summed E-state index contributed by atoms with van der Waals surface area (Å²) >= 11 is 5.77. The maximum atomic E-state index is 10.7. The van der Waals surface area contributed by atoms with Gasteiger partial charge in [0.2, 0.25) is 0 Å². The van der Waals surface area contributed by atoms with E-state index < -0.39 is 35.3 Å². The first-order chi connectivity index (χ1) is 6.43. The number of carbonyl (C=O) groups is 2. The Bertz CT molecular complexity index is 240. The van der Waals surface area contributed by atoms with Gasteiger partial charge in [-0.3, -0.25) is 9.59 Å². The molecule has 0 aliphatic heterocycles. The molecule has 0 aromatic carbocycles. The minimum atomic E-state index is -1.52. The smallest absolute Gasteiger partial charge is 0.318 e. The summed E-state index contributed by atoms with van der Waals surface area (Å²) in [5.74, 6) is -5.01. The van der Waals surface area contributed by atoms with Gasteiger partial charge < -0.3 is 15.3 Å². The van der Waals surface area contributed by atoms with Crippen molar-refractivity contribution in [2.75, 3.05) is 0 Å². The molecule has 0 aromatic rings. The Labute approximate surface area is 85.3 Å². The predicted molar refractivity (Wildman–Crippen MR) is 47.1 cm³/mol. The SMILES string of the molecule is O=C(O)C(C(=O)O)C1CC(O)CC1Cl. The standard InChI is InChI=1S/C8H11ClO5/c9-5-2-3(10)1-4(5)6(7(11)12)8(13)14/h3-6,10H,1-2H2,(H,11,12)(H,13,14). The van der Waals surface area contributed by atoms with Crippen LogP contribution in [0.5, 0.6) is 0 Å². The Morgan fingerprint density at radius 3 is 2.00 bits per heavy atom. The molecule has 0 radical (unpaired) electrons. The average Bonchev–Trinajstić information content (AvgIpc) is 2.29. The molecule has 0 heterocycles.